The SMILES string of the molecule is COc1cc([N+](=O)[O-])cc(/C=N/NC(=O)CNc2n[nH]c(=O)[nH]c2=O)c1O. The van der Waals surface area contributed by atoms with E-state index in [2.05, 4.69) is 20.9 Å². The molecule has 5 N–H and O–H groups in total. The molecule has 0 unspecified atom stereocenters. The van der Waals surface area contributed by atoms with Crippen molar-refractivity contribution in [1.29, 1.82) is 0 Å². The predicted octanol–water partition coefficient (Wildman–Crippen LogP) is -1.36. The zero-order valence-corrected chi connectivity index (χ0v) is 13.7. The predicted molar refractivity (Wildman–Crippen MR) is 91.0 cm³/mol. The van der Waals surface area contributed by atoms with Gasteiger partial charge in [0, 0.05) is 11.6 Å². The molecule has 2 rings (SSSR count). The van der Waals surface area contributed by atoms with Crippen LogP contribution in [0.2, 0.25) is 0 Å². The lowest BCUT2D eigenvalue weighted by atomic mass is 10.2. The van der Waals surface area contributed by atoms with Gasteiger partial charge in [-0.2, -0.15) is 5.10 Å². The minimum Gasteiger partial charge on any atom is -0.504 e. The Morgan fingerprint density at radius 3 is 2.85 bits per heavy atom. The molecule has 0 radical (unpaired) electrons. The van der Waals surface area contributed by atoms with Crippen molar-refractivity contribution in [3.63, 3.8) is 0 Å². The number of phenols is 1. The summed E-state index contributed by atoms with van der Waals surface area (Å²) >= 11 is 0. The monoisotopic (exact) mass is 379 g/mol. The van der Waals surface area contributed by atoms with Gasteiger partial charge in [-0.15, -0.1) is 5.10 Å². The lowest BCUT2D eigenvalue weighted by Gasteiger charge is -2.06. The van der Waals surface area contributed by atoms with Crippen LogP contribution >= 0.6 is 0 Å². The number of nitrogens with zero attached hydrogens (tertiary/aromatic N) is 3. The molecule has 0 fully saturated rings. The third-order valence-corrected chi connectivity index (χ3v) is 3.04. The fourth-order valence-electron chi connectivity index (χ4n) is 1.82. The van der Waals surface area contributed by atoms with E-state index < -0.39 is 34.4 Å². The minimum atomic E-state index is -0.816. The molecule has 142 valence electrons. The Hall–Kier alpha value is -4.23. The molecule has 14 nitrogen and oxygen atoms in total. The van der Waals surface area contributed by atoms with E-state index >= 15 is 0 Å². The summed E-state index contributed by atoms with van der Waals surface area (Å²) in [4.78, 5) is 46.0. The van der Waals surface area contributed by atoms with E-state index in [1.54, 1.807) is 0 Å². The van der Waals surface area contributed by atoms with Crippen molar-refractivity contribution in [2.75, 3.05) is 19.0 Å². The lowest BCUT2D eigenvalue weighted by molar-refractivity contribution is -0.385. The third-order valence-electron chi connectivity index (χ3n) is 3.04. The van der Waals surface area contributed by atoms with Gasteiger partial charge < -0.3 is 15.2 Å². The molecule has 0 aliphatic rings. The van der Waals surface area contributed by atoms with Gasteiger partial charge in [0.05, 0.1) is 30.9 Å². The summed E-state index contributed by atoms with van der Waals surface area (Å²) in [6, 6.07) is 2.07. The molecule has 1 aromatic carbocycles. The molecule has 0 atom stereocenters. The molecule has 1 amide bonds. The molecule has 14 heteroatoms. The number of ether oxygens (including phenoxy) is 1. The van der Waals surface area contributed by atoms with Gasteiger partial charge in [0.25, 0.3) is 17.2 Å². The van der Waals surface area contributed by atoms with Gasteiger partial charge in [-0.1, -0.05) is 0 Å². The van der Waals surface area contributed by atoms with Gasteiger partial charge in [-0.25, -0.2) is 15.3 Å². The molecule has 0 spiro atoms. The number of benzene rings is 1. The average Bonchev–Trinajstić information content (AvgIpc) is 2.62. The third kappa shape index (κ3) is 4.88. The van der Waals surface area contributed by atoms with Crippen LogP contribution in [0.15, 0.2) is 26.8 Å². The second kappa shape index (κ2) is 8.24. The molecule has 1 aromatic heterocycles. The first-order chi connectivity index (χ1) is 12.8. The molecule has 0 saturated heterocycles. The van der Waals surface area contributed by atoms with Crippen molar-refractivity contribution in [3.8, 4) is 11.5 Å². The number of hydrogen-bond donors (Lipinski definition) is 5. The highest BCUT2D eigenvalue weighted by Crippen LogP contribution is 2.33. The average molecular weight is 379 g/mol. The van der Waals surface area contributed by atoms with E-state index in [1.165, 1.54) is 7.11 Å². The van der Waals surface area contributed by atoms with Crippen molar-refractivity contribution in [2.24, 2.45) is 5.10 Å². The minimum absolute atomic E-state index is 0.0620. The summed E-state index contributed by atoms with van der Waals surface area (Å²) in [6.07, 6.45) is 0.980. The maximum Gasteiger partial charge on any atom is 0.342 e. The second-order valence-corrected chi connectivity index (χ2v) is 4.85. The topological polar surface area (TPSA) is 205 Å². The normalized spacial score (nSPS) is 10.6. The van der Waals surface area contributed by atoms with Crippen LogP contribution < -0.4 is 26.7 Å². The molecule has 0 aliphatic heterocycles. The first-order valence-corrected chi connectivity index (χ1v) is 7.12. The van der Waals surface area contributed by atoms with Crippen molar-refractivity contribution in [1.82, 2.24) is 20.6 Å². The number of aromatic amines is 2. The number of non-ortho nitro benzene ring substituents is 1. The molecule has 2 aromatic rings. The van der Waals surface area contributed by atoms with Crippen LogP contribution in [0.4, 0.5) is 11.5 Å². The largest absolute Gasteiger partial charge is 0.504 e. The first kappa shape index (κ1) is 19.1. The second-order valence-electron chi connectivity index (χ2n) is 4.85. The van der Waals surface area contributed by atoms with Gasteiger partial charge in [0.2, 0.25) is 5.82 Å². The van der Waals surface area contributed by atoms with Crippen molar-refractivity contribution >= 4 is 23.6 Å². The number of nitro benzene ring substituents is 1. The van der Waals surface area contributed by atoms with Crippen LogP contribution in [0.5, 0.6) is 11.5 Å². The van der Waals surface area contributed by atoms with Crippen LogP contribution in [0.1, 0.15) is 5.56 Å². The Morgan fingerprint density at radius 2 is 2.22 bits per heavy atom. The quantitative estimate of drug-likeness (QED) is 0.218. The van der Waals surface area contributed by atoms with Crippen LogP contribution in [0, 0.1) is 10.1 Å². The Balaban J connectivity index is 2.03. The summed E-state index contributed by atoms with van der Waals surface area (Å²) in [5, 5.41) is 32.1. The Bertz CT molecular complexity index is 1010. The fraction of sp³-hybridized carbons (Fsp3) is 0.154. The molecular weight excluding hydrogens is 366 g/mol. The highest BCUT2D eigenvalue weighted by atomic mass is 16.6. The molecule has 0 aliphatic carbocycles. The number of phenolic OH excluding ortho intramolecular Hbond substituents is 1. The van der Waals surface area contributed by atoms with Gasteiger partial charge in [-0.05, 0) is 0 Å². The lowest BCUT2D eigenvalue weighted by Crippen LogP contribution is -2.31. The van der Waals surface area contributed by atoms with Gasteiger partial charge in [0.15, 0.2) is 11.5 Å². The molecule has 27 heavy (non-hydrogen) atoms. The maximum absolute atomic E-state index is 11.7. The Labute approximate surface area is 149 Å². The number of carbonyl (C=O) groups excluding carboxylic acids is 1. The number of rotatable bonds is 7. The van der Waals surface area contributed by atoms with E-state index in [4.69, 9.17) is 4.74 Å². The van der Waals surface area contributed by atoms with E-state index in [-0.39, 0.29) is 22.8 Å². The van der Waals surface area contributed by atoms with Gasteiger partial charge >= 0.3 is 5.69 Å². The maximum atomic E-state index is 11.7. The number of nitrogens with one attached hydrogen (secondary N) is 4. The first-order valence-electron chi connectivity index (χ1n) is 7.12. The summed E-state index contributed by atoms with van der Waals surface area (Å²) < 4.78 is 4.83. The number of aromatic nitrogens is 3. The molecule has 1 heterocycles. The smallest absolute Gasteiger partial charge is 0.342 e. The van der Waals surface area contributed by atoms with Crippen molar-refractivity contribution in [2.45, 2.75) is 0 Å². The van der Waals surface area contributed by atoms with E-state index in [9.17, 15) is 29.6 Å². The summed E-state index contributed by atoms with van der Waals surface area (Å²) in [5.74, 6) is -1.52. The van der Waals surface area contributed by atoms with E-state index in [0.29, 0.717) is 0 Å². The number of carbonyl (C=O) groups is 1. The molecule has 0 bridgehead atoms. The number of hydrazone groups is 1. The summed E-state index contributed by atoms with van der Waals surface area (Å²) in [5.41, 5.74) is 0.0577. The van der Waals surface area contributed by atoms with Crippen LogP contribution in [-0.2, 0) is 4.79 Å². The number of aromatic hydroxyl groups is 1. The van der Waals surface area contributed by atoms with Crippen LogP contribution in [0.25, 0.3) is 0 Å². The van der Waals surface area contributed by atoms with Crippen molar-refractivity contribution < 1.29 is 19.6 Å². The number of methoxy groups -OCH3 is 1. The van der Waals surface area contributed by atoms with E-state index in [0.717, 1.165) is 18.3 Å². The fourth-order valence-corrected chi connectivity index (χ4v) is 1.82. The highest BCUT2D eigenvalue weighted by molar-refractivity contribution is 5.88. The standard InChI is InChI=1S/C13H13N7O7/c1-27-8-3-7(20(25)26)2-6(10(8)22)4-15-17-9(21)5-14-11-12(23)16-13(24)19-18-11/h2-4,22H,5H2,1H3,(H,14,18)(H,17,21)(H2,16,19,23,24)/b15-4+. The molecule has 0 saturated carbocycles. The number of amides is 1. The zero-order valence-electron chi connectivity index (χ0n) is 13.7. The zero-order chi connectivity index (χ0) is 20.0. The number of anilines is 1. The number of nitro groups is 1. The van der Waals surface area contributed by atoms with Gasteiger partial charge in [0.1, 0.15) is 0 Å². The van der Waals surface area contributed by atoms with Crippen LogP contribution in [0.3, 0.4) is 0 Å². The van der Waals surface area contributed by atoms with Crippen LogP contribution in [-0.4, -0.2) is 51.0 Å². The number of H-pyrrole nitrogens is 2. The summed E-state index contributed by atoms with van der Waals surface area (Å²) in [7, 11) is 1.22. The van der Waals surface area contributed by atoms with Crippen molar-refractivity contribution in [3.05, 3.63) is 48.6 Å². The Kier molecular flexibility index (Phi) is 5.83. The van der Waals surface area contributed by atoms with Gasteiger partial charge in [-0.3, -0.25) is 24.7 Å². The number of hydrogen-bond acceptors (Lipinski definition) is 10. The molecular formula is C13H13N7O7. The van der Waals surface area contributed by atoms with E-state index in [1.807, 2.05) is 10.1 Å². The highest BCUT2D eigenvalue weighted by Gasteiger charge is 2.15. The Morgan fingerprint density at radius 1 is 1.48 bits per heavy atom. The summed E-state index contributed by atoms with van der Waals surface area (Å²) in [6.45, 7) is -0.413.